The molecule has 96 valence electrons. The van der Waals surface area contributed by atoms with E-state index in [1.165, 1.54) is 0 Å². The monoisotopic (exact) mass is 263 g/mol. The first-order valence-electron chi connectivity index (χ1n) is 5.82. The number of nitrogens with zero attached hydrogens (tertiary/aromatic N) is 2. The number of para-hydroxylation sites is 1. The first kappa shape index (κ1) is 12.8. The summed E-state index contributed by atoms with van der Waals surface area (Å²) < 4.78 is 13.3. The van der Waals surface area contributed by atoms with Gasteiger partial charge in [-0.15, -0.1) is 0 Å². The molecule has 5 heteroatoms. The van der Waals surface area contributed by atoms with Crippen LogP contribution in [0.4, 0.5) is 11.6 Å². The van der Waals surface area contributed by atoms with Crippen molar-refractivity contribution in [2.75, 3.05) is 17.3 Å². The molecule has 0 bridgehead atoms. The van der Waals surface area contributed by atoms with Crippen LogP contribution in [-0.4, -0.2) is 25.8 Å². The van der Waals surface area contributed by atoms with Crippen molar-refractivity contribution in [3.05, 3.63) is 42.7 Å². The van der Waals surface area contributed by atoms with Gasteiger partial charge in [0.2, 0.25) is 5.95 Å². The Morgan fingerprint density at radius 3 is 2.78 bits per heavy atom. The Morgan fingerprint density at radius 1 is 1.39 bits per heavy atom. The minimum atomic E-state index is -0.811. The summed E-state index contributed by atoms with van der Waals surface area (Å²) in [5, 5.41) is 3.26. The maximum Gasteiger partial charge on any atom is 0.207 e. The summed E-state index contributed by atoms with van der Waals surface area (Å²) in [6.07, 6.45) is 5.38. The number of aromatic nitrogens is 2. The number of hydrogen-bond donors (Lipinski definition) is 1. The van der Waals surface area contributed by atoms with E-state index in [-0.39, 0.29) is 6.04 Å². The lowest BCUT2D eigenvalue weighted by atomic mass is 10.3. The fraction of sp³-hybridized carbons (Fsp3) is 0.308. The van der Waals surface area contributed by atoms with Crippen LogP contribution in [0.15, 0.2) is 42.7 Å². The van der Waals surface area contributed by atoms with Crippen molar-refractivity contribution in [3.8, 4) is 0 Å². The van der Waals surface area contributed by atoms with E-state index < -0.39 is 10.8 Å². The number of benzene rings is 1. The molecule has 1 aromatic carbocycles. The van der Waals surface area contributed by atoms with Crippen LogP contribution >= 0.6 is 0 Å². The molecule has 0 radical (unpaired) electrons. The Kier molecular flexibility index (Phi) is 4.15. The van der Waals surface area contributed by atoms with Gasteiger partial charge >= 0.3 is 0 Å². The zero-order chi connectivity index (χ0) is 13.0. The summed E-state index contributed by atoms with van der Waals surface area (Å²) in [6, 6.07) is 10.0. The zero-order valence-corrected chi connectivity index (χ0v) is 11.4. The fourth-order valence-corrected chi connectivity index (χ4v) is 2.68. The van der Waals surface area contributed by atoms with E-state index in [1.807, 2.05) is 48.0 Å². The van der Waals surface area contributed by atoms with Crippen molar-refractivity contribution in [1.29, 1.82) is 0 Å². The molecule has 0 saturated heterocycles. The summed E-state index contributed by atoms with van der Waals surface area (Å²) in [7, 11) is -0.811. The maximum atomic E-state index is 11.3. The van der Waals surface area contributed by atoms with Crippen LogP contribution in [0.5, 0.6) is 0 Å². The maximum absolute atomic E-state index is 11.3. The van der Waals surface area contributed by atoms with Gasteiger partial charge in [0, 0.05) is 46.9 Å². The Labute approximate surface area is 110 Å². The van der Waals surface area contributed by atoms with Gasteiger partial charge in [0.05, 0.1) is 0 Å². The molecule has 0 aliphatic rings. The third-order valence-electron chi connectivity index (χ3n) is 2.65. The molecule has 1 N–H and O–H groups in total. The predicted octanol–water partition coefficient (Wildman–Crippen LogP) is 2.57. The Morgan fingerprint density at radius 2 is 2.11 bits per heavy atom. The van der Waals surface area contributed by atoms with Gasteiger partial charge in [-0.25, -0.2) is 4.98 Å². The van der Waals surface area contributed by atoms with Crippen LogP contribution in [0, 0.1) is 0 Å². The van der Waals surface area contributed by atoms with Crippen molar-refractivity contribution in [3.63, 3.8) is 0 Å². The van der Waals surface area contributed by atoms with Crippen LogP contribution in [0.25, 0.3) is 0 Å². The van der Waals surface area contributed by atoms with Crippen molar-refractivity contribution in [2.45, 2.75) is 13.0 Å². The van der Waals surface area contributed by atoms with Crippen molar-refractivity contribution in [1.82, 2.24) is 9.55 Å². The van der Waals surface area contributed by atoms with Crippen LogP contribution in [0.2, 0.25) is 0 Å². The Bertz CT molecular complexity index is 524. The number of hydrogen-bond acceptors (Lipinski definition) is 3. The summed E-state index contributed by atoms with van der Waals surface area (Å²) in [6.45, 7) is 2.04. The molecule has 0 spiro atoms. The molecule has 2 atom stereocenters. The van der Waals surface area contributed by atoms with Crippen LogP contribution in [0.3, 0.4) is 0 Å². The van der Waals surface area contributed by atoms with Crippen molar-refractivity contribution >= 4 is 22.4 Å². The highest BCUT2D eigenvalue weighted by molar-refractivity contribution is 7.84. The van der Waals surface area contributed by atoms with Gasteiger partial charge in [0.25, 0.3) is 0 Å². The molecule has 2 rings (SSSR count). The number of imidazole rings is 1. The van der Waals surface area contributed by atoms with Gasteiger partial charge in [-0.1, -0.05) is 18.2 Å². The Hall–Kier alpha value is -1.62. The number of rotatable bonds is 5. The summed E-state index contributed by atoms with van der Waals surface area (Å²) in [5.41, 5.74) is 0.995. The molecule has 0 amide bonds. The lowest BCUT2D eigenvalue weighted by Gasteiger charge is -2.15. The topological polar surface area (TPSA) is 46.9 Å². The average molecular weight is 263 g/mol. The lowest BCUT2D eigenvalue weighted by molar-refractivity contribution is 0.603. The fourth-order valence-electron chi connectivity index (χ4n) is 1.84. The molecule has 0 saturated carbocycles. The second kappa shape index (κ2) is 5.82. The lowest BCUT2D eigenvalue weighted by Crippen LogP contribution is -2.14. The zero-order valence-electron chi connectivity index (χ0n) is 10.5. The normalized spacial score (nSPS) is 14.1. The minimum absolute atomic E-state index is 0.157. The van der Waals surface area contributed by atoms with E-state index in [1.54, 1.807) is 12.5 Å². The molecule has 2 unspecified atom stereocenters. The quantitative estimate of drug-likeness (QED) is 0.902. The second-order valence-corrected chi connectivity index (χ2v) is 5.72. The third-order valence-corrected chi connectivity index (χ3v) is 3.60. The first-order valence-corrected chi connectivity index (χ1v) is 7.54. The van der Waals surface area contributed by atoms with Gasteiger partial charge in [-0.3, -0.25) is 4.21 Å². The van der Waals surface area contributed by atoms with Gasteiger partial charge in [-0.05, 0) is 19.1 Å². The minimum Gasteiger partial charge on any atom is -0.326 e. The van der Waals surface area contributed by atoms with E-state index in [4.69, 9.17) is 0 Å². The van der Waals surface area contributed by atoms with E-state index in [0.29, 0.717) is 5.75 Å². The smallest absolute Gasteiger partial charge is 0.207 e. The van der Waals surface area contributed by atoms with Crippen LogP contribution in [0.1, 0.15) is 13.0 Å². The van der Waals surface area contributed by atoms with Crippen molar-refractivity contribution < 1.29 is 4.21 Å². The summed E-state index contributed by atoms with van der Waals surface area (Å²) in [5.74, 6) is 1.40. The average Bonchev–Trinajstić information content (AvgIpc) is 2.77. The van der Waals surface area contributed by atoms with Gasteiger partial charge in [0.15, 0.2) is 0 Å². The molecule has 0 fully saturated rings. The highest BCUT2D eigenvalue weighted by atomic mass is 32.2. The molecular formula is C13H17N3OS. The first-order chi connectivity index (χ1) is 8.66. The van der Waals surface area contributed by atoms with Crippen LogP contribution < -0.4 is 5.32 Å². The van der Waals surface area contributed by atoms with Gasteiger partial charge in [-0.2, -0.15) is 0 Å². The summed E-state index contributed by atoms with van der Waals surface area (Å²) in [4.78, 5) is 4.29. The molecule has 1 heterocycles. The molecular weight excluding hydrogens is 246 g/mol. The highest BCUT2D eigenvalue weighted by Gasteiger charge is 2.11. The summed E-state index contributed by atoms with van der Waals surface area (Å²) >= 11 is 0. The largest absolute Gasteiger partial charge is 0.326 e. The highest BCUT2D eigenvalue weighted by Crippen LogP contribution is 2.18. The van der Waals surface area contributed by atoms with Crippen molar-refractivity contribution in [2.24, 2.45) is 0 Å². The van der Waals surface area contributed by atoms with E-state index >= 15 is 0 Å². The number of nitrogens with one attached hydrogen (secondary N) is 1. The SMILES string of the molecule is CC(CS(C)=O)n1ccnc1Nc1ccccc1. The van der Waals surface area contributed by atoms with Gasteiger partial charge in [0.1, 0.15) is 0 Å². The molecule has 0 aliphatic heterocycles. The third kappa shape index (κ3) is 3.20. The Balaban J connectivity index is 2.15. The molecule has 18 heavy (non-hydrogen) atoms. The molecule has 0 aliphatic carbocycles. The van der Waals surface area contributed by atoms with E-state index in [9.17, 15) is 4.21 Å². The molecule has 4 nitrogen and oxygen atoms in total. The van der Waals surface area contributed by atoms with E-state index in [2.05, 4.69) is 10.3 Å². The standard InChI is InChI=1S/C13H17N3OS/c1-11(10-18(2)17)16-9-8-14-13(16)15-12-6-4-3-5-7-12/h3-9,11H,10H2,1-2H3,(H,14,15). The van der Waals surface area contributed by atoms with Crippen LogP contribution in [-0.2, 0) is 10.8 Å². The van der Waals surface area contributed by atoms with Gasteiger partial charge < -0.3 is 9.88 Å². The number of anilines is 2. The predicted molar refractivity (Wildman–Crippen MR) is 75.6 cm³/mol. The van der Waals surface area contributed by atoms with E-state index in [0.717, 1.165) is 11.6 Å². The second-order valence-electron chi connectivity index (χ2n) is 4.24. The molecule has 2 aromatic rings. The molecule has 1 aromatic heterocycles.